The molecule has 18 heavy (non-hydrogen) atoms. The van der Waals surface area contributed by atoms with Crippen molar-refractivity contribution in [3.63, 3.8) is 0 Å². The van der Waals surface area contributed by atoms with Crippen LogP contribution in [0.1, 0.15) is 22.0 Å². The summed E-state index contributed by atoms with van der Waals surface area (Å²) in [6.45, 7) is 2.10. The van der Waals surface area contributed by atoms with Crippen LogP contribution in [0.15, 0.2) is 28.1 Å². The molecule has 1 heterocycles. The Hall–Kier alpha value is -0.0600. The van der Waals surface area contributed by atoms with Gasteiger partial charge in [-0.25, -0.2) is 0 Å². The van der Waals surface area contributed by atoms with Crippen LogP contribution in [0, 0.1) is 6.92 Å². The summed E-state index contributed by atoms with van der Waals surface area (Å²) in [5, 5.41) is 4.66. The van der Waals surface area contributed by atoms with Crippen LogP contribution in [0.2, 0.25) is 10.0 Å². The van der Waals surface area contributed by atoms with E-state index in [1.54, 1.807) is 11.3 Å². The minimum Gasteiger partial charge on any atom is -0.309 e. The number of benzene rings is 1. The maximum Gasteiger partial charge on any atom is 0.0704 e. The molecule has 2 rings (SSSR count). The summed E-state index contributed by atoms with van der Waals surface area (Å²) >= 11 is 17.8. The first-order valence-corrected chi connectivity index (χ1v) is 7.78. The summed E-state index contributed by atoms with van der Waals surface area (Å²) < 4.78 is 1.11. The smallest absolute Gasteiger partial charge is 0.0704 e. The van der Waals surface area contributed by atoms with Crippen molar-refractivity contribution in [2.24, 2.45) is 0 Å². The van der Waals surface area contributed by atoms with Crippen LogP contribution in [-0.4, -0.2) is 7.05 Å². The minimum absolute atomic E-state index is 0.00810. The molecule has 0 amide bonds. The lowest BCUT2D eigenvalue weighted by Crippen LogP contribution is -2.18. The van der Waals surface area contributed by atoms with E-state index in [0.717, 1.165) is 9.35 Å². The Morgan fingerprint density at radius 1 is 1.28 bits per heavy atom. The van der Waals surface area contributed by atoms with E-state index in [4.69, 9.17) is 23.2 Å². The lowest BCUT2D eigenvalue weighted by molar-refractivity contribution is 0.691. The van der Waals surface area contributed by atoms with Crippen molar-refractivity contribution in [3.8, 4) is 0 Å². The average molecular weight is 365 g/mol. The molecule has 96 valence electrons. The van der Waals surface area contributed by atoms with Gasteiger partial charge in [0.15, 0.2) is 0 Å². The van der Waals surface area contributed by atoms with Crippen LogP contribution in [-0.2, 0) is 0 Å². The number of hydrogen-bond donors (Lipinski definition) is 1. The van der Waals surface area contributed by atoms with Gasteiger partial charge in [0, 0.05) is 20.5 Å². The van der Waals surface area contributed by atoms with Crippen LogP contribution in [0.25, 0.3) is 0 Å². The van der Waals surface area contributed by atoms with Gasteiger partial charge in [0.05, 0.1) is 9.83 Å². The molecule has 0 fully saturated rings. The Morgan fingerprint density at radius 3 is 2.33 bits per heavy atom. The SMILES string of the molecule is CNC(c1cc(Br)sc1C)c1c(Cl)cccc1Cl. The van der Waals surface area contributed by atoms with Gasteiger partial charge in [-0.3, -0.25) is 0 Å². The highest BCUT2D eigenvalue weighted by Crippen LogP contribution is 2.38. The van der Waals surface area contributed by atoms with Gasteiger partial charge in [-0.2, -0.15) is 0 Å². The van der Waals surface area contributed by atoms with E-state index in [1.165, 1.54) is 10.4 Å². The first kappa shape index (κ1) is 14.4. The van der Waals surface area contributed by atoms with Crippen molar-refractivity contribution in [3.05, 3.63) is 54.1 Å². The monoisotopic (exact) mass is 363 g/mol. The number of aryl methyl sites for hydroxylation is 1. The quantitative estimate of drug-likeness (QED) is 0.765. The highest BCUT2D eigenvalue weighted by Gasteiger charge is 2.21. The lowest BCUT2D eigenvalue weighted by Gasteiger charge is -2.19. The van der Waals surface area contributed by atoms with Crippen molar-refractivity contribution >= 4 is 50.5 Å². The normalized spacial score (nSPS) is 12.7. The Balaban J connectivity index is 2.55. The highest BCUT2D eigenvalue weighted by molar-refractivity contribution is 9.11. The van der Waals surface area contributed by atoms with Crippen LogP contribution in [0.4, 0.5) is 0 Å². The first-order chi connectivity index (χ1) is 8.54. The molecule has 0 saturated carbocycles. The van der Waals surface area contributed by atoms with Crippen LogP contribution >= 0.6 is 50.5 Å². The molecule has 0 radical (unpaired) electrons. The fourth-order valence-corrected chi connectivity index (χ4v) is 4.35. The summed E-state index contributed by atoms with van der Waals surface area (Å²) in [5.41, 5.74) is 2.13. The molecule has 0 saturated heterocycles. The van der Waals surface area contributed by atoms with Gasteiger partial charge in [0.25, 0.3) is 0 Å². The van der Waals surface area contributed by atoms with Gasteiger partial charge in [0.1, 0.15) is 0 Å². The Morgan fingerprint density at radius 2 is 1.89 bits per heavy atom. The summed E-state index contributed by atoms with van der Waals surface area (Å²) in [4.78, 5) is 1.25. The minimum atomic E-state index is 0.00810. The van der Waals surface area contributed by atoms with Gasteiger partial charge < -0.3 is 5.32 Å². The van der Waals surface area contributed by atoms with Crippen LogP contribution in [0.5, 0.6) is 0 Å². The molecule has 5 heteroatoms. The Kier molecular flexibility index (Phi) is 4.73. The summed E-state index contributed by atoms with van der Waals surface area (Å²) in [6, 6.07) is 7.71. The van der Waals surface area contributed by atoms with E-state index in [2.05, 4.69) is 34.2 Å². The maximum atomic E-state index is 6.28. The number of rotatable bonds is 3. The van der Waals surface area contributed by atoms with Crippen molar-refractivity contribution in [1.82, 2.24) is 5.32 Å². The van der Waals surface area contributed by atoms with E-state index in [1.807, 2.05) is 25.2 Å². The molecule has 1 unspecified atom stereocenters. The second kappa shape index (κ2) is 5.93. The molecule has 0 bridgehead atoms. The van der Waals surface area contributed by atoms with E-state index in [0.29, 0.717) is 10.0 Å². The third-order valence-electron chi connectivity index (χ3n) is 2.81. The molecule has 1 atom stereocenters. The maximum absolute atomic E-state index is 6.28. The predicted octanol–water partition coefficient (Wildman–Crippen LogP) is 5.43. The van der Waals surface area contributed by atoms with E-state index >= 15 is 0 Å². The Labute approximate surface area is 129 Å². The largest absolute Gasteiger partial charge is 0.309 e. The molecular formula is C13H12BrCl2NS. The molecule has 0 aliphatic carbocycles. The Bertz CT molecular complexity index is 548. The molecule has 1 aromatic carbocycles. The molecule has 2 aromatic rings. The fraction of sp³-hybridized carbons (Fsp3) is 0.231. The zero-order valence-electron chi connectivity index (χ0n) is 9.93. The molecule has 1 nitrogen and oxygen atoms in total. The lowest BCUT2D eigenvalue weighted by atomic mass is 9.99. The third kappa shape index (κ3) is 2.75. The number of nitrogens with one attached hydrogen (secondary N) is 1. The number of hydrogen-bond acceptors (Lipinski definition) is 2. The molecule has 1 N–H and O–H groups in total. The number of halogens is 3. The summed E-state index contributed by atoms with van der Waals surface area (Å²) in [6.07, 6.45) is 0. The van der Waals surface area contributed by atoms with Crippen molar-refractivity contribution in [2.75, 3.05) is 7.05 Å². The number of thiophene rings is 1. The van der Waals surface area contributed by atoms with Crippen LogP contribution in [0.3, 0.4) is 0 Å². The van der Waals surface area contributed by atoms with Gasteiger partial charge >= 0.3 is 0 Å². The van der Waals surface area contributed by atoms with Gasteiger partial charge in [-0.1, -0.05) is 29.3 Å². The fourth-order valence-electron chi connectivity index (χ4n) is 1.99. The van der Waals surface area contributed by atoms with Gasteiger partial charge in [-0.05, 0) is 53.7 Å². The van der Waals surface area contributed by atoms with E-state index < -0.39 is 0 Å². The zero-order chi connectivity index (χ0) is 13.3. The topological polar surface area (TPSA) is 12.0 Å². The highest BCUT2D eigenvalue weighted by atomic mass is 79.9. The zero-order valence-corrected chi connectivity index (χ0v) is 13.8. The average Bonchev–Trinajstić information content (AvgIpc) is 2.63. The van der Waals surface area contributed by atoms with Crippen molar-refractivity contribution < 1.29 is 0 Å². The van der Waals surface area contributed by atoms with E-state index in [-0.39, 0.29) is 6.04 Å². The van der Waals surface area contributed by atoms with E-state index in [9.17, 15) is 0 Å². The van der Waals surface area contributed by atoms with Crippen LogP contribution < -0.4 is 5.32 Å². The van der Waals surface area contributed by atoms with Crippen molar-refractivity contribution in [1.29, 1.82) is 0 Å². The summed E-state index contributed by atoms with van der Waals surface area (Å²) in [5.74, 6) is 0. The third-order valence-corrected chi connectivity index (χ3v) is 5.04. The molecule has 0 aliphatic heterocycles. The van der Waals surface area contributed by atoms with Gasteiger partial charge in [0.2, 0.25) is 0 Å². The summed E-state index contributed by atoms with van der Waals surface area (Å²) in [7, 11) is 1.91. The second-order valence-electron chi connectivity index (χ2n) is 3.92. The predicted molar refractivity (Wildman–Crippen MR) is 84.1 cm³/mol. The van der Waals surface area contributed by atoms with Crippen molar-refractivity contribution in [2.45, 2.75) is 13.0 Å². The standard InChI is InChI=1S/C13H12BrCl2NS/c1-7-8(6-11(14)18-7)13(17-2)12-9(15)4-3-5-10(12)16/h3-6,13,17H,1-2H3. The molecular weight excluding hydrogens is 353 g/mol. The molecule has 1 aromatic heterocycles. The van der Waals surface area contributed by atoms with Gasteiger partial charge in [-0.15, -0.1) is 11.3 Å². The molecule has 0 aliphatic rings. The molecule has 0 spiro atoms. The second-order valence-corrected chi connectivity index (χ2v) is 7.37. The first-order valence-electron chi connectivity index (χ1n) is 5.41.